The Hall–Kier alpha value is -3.48. The number of aromatic nitrogens is 4. The van der Waals surface area contributed by atoms with Crippen LogP contribution in [-0.2, 0) is 0 Å². The van der Waals surface area contributed by atoms with E-state index in [1.165, 1.54) is 6.42 Å². The van der Waals surface area contributed by atoms with Crippen molar-refractivity contribution in [3.05, 3.63) is 48.3 Å². The Morgan fingerprint density at radius 2 is 1.82 bits per heavy atom. The number of anilines is 1. The summed E-state index contributed by atoms with van der Waals surface area (Å²) in [7, 11) is 0. The molecule has 0 radical (unpaired) electrons. The van der Waals surface area contributed by atoms with Gasteiger partial charge in [-0.05, 0) is 49.6 Å². The minimum absolute atomic E-state index is 0.220. The third-order valence-electron chi connectivity index (χ3n) is 5.24. The zero-order chi connectivity index (χ0) is 19.1. The quantitative estimate of drug-likeness (QED) is 0.566. The molecule has 7 heteroatoms. The number of benzene rings is 2. The monoisotopic (exact) mass is 373 g/mol. The Bertz CT molecular complexity index is 1190. The number of carbonyl (C=O) groups is 1. The summed E-state index contributed by atoms with van der Waals surface area (Å²) in [5, 5.41) is 9.31. The molecule has 1 fully saturated rings. The molecule has 0 saturated carbocycles. The summed E-state index contributed by atoms with van der Waals surface area (Å²) in [4.78, 5) is 30.8. The van der Waals surface area contributed by atoms with E-state index in [0.29, 0.717) is 11.0 Å². The average Bonchev–Trinajstić information content (AvgIpc) is 3.21. The van der Waals surface area contributed by atoms with Crippen molar-refractivity contribution in [3.8, 4) is 11.3 Å². The van der Waals surface area contributed by atoms with Crippen LogP contribution in [0, 0.1) is 0 Å². The first kappa shape index (κ1) is 16.7. The Morgan fingerprint density at radius 1 is 0.964 bits per heavy atom. The molecule has 28 heavy (non-hydrogen) atoms. The Kier molecular flexibility index (Phi) is 3.93. The molecule has 3 heterocycles. The maximum Gasteiger partial charge on any atom is 0.335 e. The van der Waals surface area contributed by atoms with Gasteiger partial charge in [0.1, 0.15) is 5.69 Å². The highest BCUT2D eigenvalue weighted by molar-refractivity contribution is 5.94. The van der Waals surface area contributed by atoms with Gasteiger partial charge in [0, 0.05) is 18.7 Å². The number of imidazole rings is 1. The Balaban J connectivity index is 1.72. The predicted octanol–water partition coefficient (Wildman–Crippen LogP) is 3.86. The summed E-state index contributed by atoms with van der Waals surface area (Å²) in [5.74, 6) is -0.152. The molecule has 2 N–H and O–H groups in total. The largest absolute Gasteiger partial charge is 0.478 e. The van der Waals surface area contributed by atoms with Crippen molar-refractivity contribution in [1.82, 2.24) is 19.9 Å². The number of hydrogen-bond acceptors (Lipinski definition) is 5. The van der Waals surface area contributed by atoms with Crippen molar-refractivity contribution < 1.29 is 9.90 Å². The van der Waals surface area contributed by atoms with E-state index in [-0.39, 0.29) is 5.56 Å². The van der Waals surface area contributed by atoms with Gasteiger partial charge in [-0.3, -0.25) is 0 Å². The van der Waals surface area contributed by atoms with Crippen molar-refractivity contribution >= 4 is 33.9 Å². The number of piperidine rings is 1. The van der Waals surface area contributed by atoms with Crippen LogP contribution in [0.15, 0.2) is 42.7 Å². The van der Waals surface area contributed by atoms with E-state index in [9.17, 15) is 9.90 Å². The molecule has 0 unspecified atom stereocenters. The normalized spacial score (nSPS) is 14.6. The van der Waals surface area contributed by atoms with Crippen LogP contribution in [0.3, 0.4) is 0 Å². The summed E-state index contributed by atoms with van der Waals surface area (Å²) in [6, 6.07) is 10.9. The van der Waals surface area contributed by atoms with Gasteiger partial charge in [-0.25, -0.2) is 19.7 Å². The van der Waals surface area contributed by atoms with Crippen molar-refractivity contribution in [2.45, 2.75) is 19.3 Å². The third-order valence-corrected chi connectivity index (χ3v) is 5.24. The van der Waals surface area contributed by atoms with Crippen LogP contribution in [0.25, 0.3) is 33.3 Å². The minimum atomic E-state index is -0.962. The molecule has 4 aromatic rings. The molecular formula is C21H19N5O2. The lowest BCUT2D eigenvalue weighted by atomic mass is 10.1. The number of aromatic amines is 1. The number of nitrogens with zero attached hydrogens (tertiary/aromatic N) is 4. The van der Waals surface area contributed by atoms with E-state index in [4.69, 9.17) is 9.97 Å². The van der Waals surface area contributed by atoms with Crippen LogP contribution in [0.5, 0.6) is 0 Å². The first-order chi connectivity index (χ1) is 13.7. The lowest BCUT2D eigenvalue weighted by Gasteiger charge is -2.29. The fourth-order valence-corrected chi connectivity index (χ4v) is 3.78. The number of hydrogen-bond donors (Lipinski definition) is 2. The standard InChI is InChI=1S/C21H19N5O2/c27-21(28)14-5-7-16-18(11-14)25-20(26-8-2-1-3-9-26)19(24-16)13-4-6-15-17(10-13)23-12-22-15/h4-7,10-12H,1-3,8-9H2,(H,22,23)(H,27,28). The fourth-order valence-electron chi connectivity index (χ4n) is 3.78. The molecule has 2 aromatic carbocycles. The summed E-state index contributed by atoms with van der Waals surface area (Å²) in [5.41, 5.74) is 5.12. The molecule has 1 aliphatic heterocycles. The number of nitrogens with one attached hydrogen (secondary N) is 1. The van der Waals surface area contributed by atoms with Crippen molar-refractivity contribution in [3.63, 3.8) is 0 Å². The number of rotatable bonds is 3. The van der Waals surface area contributed by atoms with Gasteiger partial charge >= 0.3 is 5.97 Å². The number of H-pyrrole nitrogens is 1. The minimum Gasteiger partial charge on any atom is -0.478 e. The maximum atomic E-state index is 11.4. The Labute approximate surface area is 161 Å². The van der Waals surface area contributed by atoms with Crippen molar-refractivity contribution in [2.24, 2.45) is 0 Å². The Morgan fingerprint density at radius 3 is 2.64 bits per heavy atom. The lowest BCUT2D eigenvalue weighted by molar-refractivity contribution is 0.0697. The molecule has 0 aliphatic carbocycles. The average molecular weight is 373 g/mol. The van der Waals surface area contributed by atoms with E-state index in [2.05, 4.69) is 14.9 Å². The lowest BCUT2D eigenvalue weighted by Crippen LogP contribution is -2.31. The van der Waals surface area contributed by atoms with Crippen LogP contribution in [0.1, 0.15) is 29.6 Å². The number of carboxylic acids is 1. The molecular weight excluding hydrogens is 354 g/mol. The van der Waals surface area contributed by atoms with Crippen LogP contribution in [0.2, 0.25) is 0 Å². The van der Waals surface area contributed by atoms with E-state index >= 15 is 0 Å². The molecule has 2 aromatic heterocycles. The van der Waals surface area contributed by atoms with Gasteiger partial charge in [0.25, 0.3) is 0 Å². The summed E-state index contributed by atoms with van der Waals surface area (Å²) in [6.45, 7) is 1.85. The van der Waals surface area contributed by atoms with Gasteiger partial charge in [-0.15, -0.1) is 0 Å². The molecule has 0 bridgehead atoms. The summed E-state index contributed by atoms with van der Waals surface area (Å²) < 4.78 is 0. The summed E-state index contributed by atoms with van der Waals surface area (Å²) >= 11 is 0. The molecule has 7 nitrogen and oxygen atoms in total. The highest BCUT2D eigenvalue weighted by atomic mass is 16.4. The maximum absolute atomic E-state index is 11.4. The van der Waals surface area contributed by atoms with Crippen LogP contribution in [-0.4, -0.2) is 44.1 Å². The first-order valence-electron chi connectivity index (χ1n) is 9.42. The van der Waals surface area contributed by atoms with Gasteiger partial charge < -0.3 is 15.0 Å². The zero-order valence-corrected chi connectivity index (χ0v) is 15.2. The SMILES string of the molecule is O=C(O)c1ccc2nc(-c3ccc4[nH]cnc4c3)c(N3CCCCC3)nc2c1. The van der Waals surface area contributed by atoms with Crippen LogP contribution >= 0.6 is 0 Å². The highest BCUT2D eigenvalue weighted by Gasteiger charge is 2.20. The fraction of sp³-hybridized carbons (Fsp3) is 0.238. The highest BCUT2D eigenvalue weighted by Crippen LogP contribution is 2.32. The predicted molar refractivity (Wildman–Crippen MR) is 108 cm³/mol. The molecule has 140 valence electrons. The summed E-state index contributed by atoms with van der Waals surface area (Å²) in [6.07, 6.45) is 5.13. The van der Waals surface area contributed by atoms with Gasteiger partial charge in [-0.1, -0.05) is 6.07 Å². The zero-order valence-electron chi connectivity index (χ0n) is 15.2. The molecule has 1 aliphatic rings. The van der Waals surface area contributed by atoms with E-state index in [1.54, 1.807) is 24.5 Å². The topological polar surface area (TPSA) is 95.0 Å². The van der Waals surface area contributed by atoms with Crippen LogP contribution in [0.4, 0.5) is 5.82 Å². The smallest absolute Gasteiger partial charge is 0.335 e. The van der Waals surface area contributed by atoms with Gasteiger partial charge in [0.2, 0.25) is 0 Å². The second-order valence-electron chi connectivity index (χ2n) is 7.09. The third kappa shape index (κ3) is 2.85. The first-order valence-corrected chi connectivity index (χ1v) is 9.42. The number of aromatic carboxylic acids is 1. The van der Waals surface area contributed by atoms with Crippen molar-refractivity contribution in [2.75, 3.05) is 18.0 Å². The van der Waals surface area contributed by atoms with Gasteiger partial charge in [0.05, 0.1) is 34.0 Å². The molecule has 5 rings (SSSR count). The van der Waals surface area contributed by atoms with E-state index in [1.807, 2.05) is 18.2 Å². The molecule has 1 saturated heterocycles. The van der Waals surface area contributed by atoms with Gasteiger partial charge in [0.15, 0.2) is 5.82 Å². The van der Waals surface area contributed by atoms with E-state index < -0.39 is 5.97 Å². The number of fused-ring (bicyclic) bond motifs is 2. The van der Waals surface area contributed by atoms with Crippen LogP contribution < -0.4 is 4.90 Å². The van der Waals surface area contributed by atoms with E-state index in [0.717, 1.165) is 54.0 Å². The molecule has 0 atom stereocenters. The molecule has 0 spiro atoms. The second-order valence-corrected chi connectivity index (χ2v) is 7.09. The van der Waals surface area contributed by atoms with Gasteiger partial charge in [-0.2, -0.15) is 0 Å². The second kappa shape index (κ2) is 6.60. The van der Waals surface area contributed by atoms with Crippen molar-refractivity contribution in [1.29, 1.82) is 0 Å². The number of carboxylic acid groups (broad SMARTS) is 1. The molecule has 0 amide bonds.